The fourth-order valence-electron chi connectivity index (χ4n) is 2.47. The molecule has 86 valence electrons. The Morgan fingerprint density at radius 1 is 1.50 bits per heavy atom. The Morgan fingerprint density at radius 3 is 2.88 bits per heavy atom. The molecule has 0 amide bonds. The monoisotopic (exact) mass is 217 g/mol. The predicted molar refractivity (Wildman–Crippen MR) is 64.4 cm³/mol. The standard InChI is InChI=1S/C13H19N3/c1-9(2)11-6-12-13(4-5-13)8-14-10(3)7-16(12)15-11/h6,9,14H,3-5,7-8H2,1-2H3. The summed E-state index contributed by atoms with van der Waals surface area (Å²) in [6.07, 6.45) is 2.58. The van der Waals surface area contributed by atoms with Crippen molar-refractivity contribution >= 4 is 0 Å². The van der Waals surface area contributed by atoms with Crippen molar-refractivity contribution in [1.82, 2.24) is 15.1 Å². The number of aromatic nitrogens is 2. The van der Waals surface area contributed by atoms with Gasteiger partial charge in [0.25, 0.3) is 0 Å². The van der Waals surface area contributed by atoms with Gasteiger partial charge >= 0.3 is 0 Å². The summed E-state index contributed by atoms with van der Waals surface area (Å²) in [6.45, 7) is 10.3. The summed E-state index contributed by atoms with van der Waals surface area (Å²) in [4.78, 5) is 0. The lowest BCUT2D eigenvalue weighted by atomic mass is 10.0. The van der Waals surface area contributed by atoms with Crippen LogP contribution in [0.3, 0.4) is 0 Å². The SMILES string of the molecule is C=C1Cn2nc(C(C)C)cc2C2(CC2)CN1. The van der Waals surface area contributed by atoms with Crippen molar-refractivity contribution in [2.45, 2.75) is 44.6 Å². The van der Waals surface area contributed by atoms with Crippen molar-refractivity contribution in [3.8, 4) is 0 Å². The van der Waals surface area contributed by atoms with Crippen LogP contribution in [0.25, 0.3) is 0 Å². The molecule has 3 heteroatoms. The molecule has 2 heterocycles. The average Bonchev–Trinajstić information content (AvgIpc) is 2.92. The number of nitrogens with one attached hydrogen (secondary N) is 1. The lowest BCUT2D eigenvalue weighted by Gasteiger charge is -2.11. The van der Waals surface area contributed by atoms with E-state index in [-0.39, 0.29) is 0 Å². The molecule has 0 radical (unpaired) electrons. The van der Waals surface area contributed by atoms with E-state index in [1.807, 2.05) is 0 Å². The fraction of sp³-hybridized carbons (Fsp3) is 0.615. The molecule has 1 saturated carbocycles. The van der Waals surface area contributed by atoms with Gasteiger partial charge < -0.3 is 5.32 Å². The summed E-state index contributed by atoms with van der Waals surface area (Å²) < 4.78 is 2.16. The van der Waals surface area contributed by atoms with Crippen molar-refractivity contribution in [2.24, 2.45) is 0 Å². The van der Waals surface area contributed by atoms with E-state index in [9.17, 15) is 0 Å². The third-order valence-electron chi connectivity index (χ3n) is 3.80. The van der Waals surface area contributed by atoms with Gasteiger partial charge in [-0.25, -0.2) is 0 Å². The number of rotatable bonds is 1. The third kappa shape index (κ3) is 1.38. The first-order chi connectivity index (χ1) is 7.61. The quantitative estimate of drug-likeness (QED) is 0.781. The van der Waals surface area contributed by atoms with E-state index in [0.29, 0.717) is 11.3 Å². The Labute approximate surface area is 96.5 Å². The molecule has 1 spiro atoms. The second-order valence-corrected chi connectivity index (χ2v) is 5.50. The zero-order chi connectivity index (χ0) is 11.3. The highest BCUT2D eigenvalue weighted by Crippen LogP contribution is 2.49. The first-order valence-electron chi connectivity index (χ1n) is 6.11. The van der Waals surface area contributed by atoms with Gasteiger partial charge in [-0.15, -0.1) is 0 Å². The lowest BCUT2D eigenvalue weighted by molar-refractivity contribution is 0.597. The molecule has 1 aromatic rings. The van der Waals surface area contributed by atoms with E-state index < -0.39 is 0 Å². The van der Waals surface area contributed by atoms with Crippen LogP contribution in [0, 0.1) is 0 Å². The molecule has 0 saturated heterocycles. The third-order valence-corrected chi connectivity index (χ3v) is 3.80. The van der Waals surface area contributed by atoms with Gasteiger partial charge in [0.05, 0.1) is 12.2 Å². The van der Waals surface area contributed by atoms with Crippen molar-refractivity contribution < 1.29 is 0 Å². The zero-order valence-electron chi connectivity index (χ0n) is 10.1. The van der Waals surface area contributed by atoms with Crippen LogP contribution >= 0.6 is 0 Å². The Morgan fingerprint density at radius 2 is 2.25 bits per heavy atom. The van der Waals surface area contributed by atoms with Crippen LogP contribution in [-0.4, -0.2) is 16.3 Å². The van der Waals surface area contributed by atoms with Gasteiger partial charge in [0.15, 0.2) is 0 Å². The highest BCUT2D eigenvalue weighted by molar-refractivity contribution is 5.31. The molecule has 1 N–H and O–H groups in total. The van der Waals surface area contributed by atoms with E-state index in [2.05, 4.69) is 36.5 Å². The molecule has 1 aliphatic heterocycles. The van der Waals surface area contributed by atoms with Gasteiger partial charge in [0, 0.05) is 23.4 Å². The van der Waals surface area contributed by atoms with E-state index in [1.54, 1.807) is 0 Å². The van der Waals surface area contributed by atoms with Crippen molar-refractivity contribution in [2.75, 3.05) is 6.54 Å². The first kappa shape index (κ1) is 9.94. The summed E-state index contributed by atoms with van der Waals surface area (Å²) in [7, 11) is 0. The van der Waals surface area contributed by atoms with E-state index >= 15 is 0 Å². The minimum atomic E-state index is 0.361. The Kier molecular flexibility index (Phi) is 1.94. The number of fused-ring (bicyclic) bond motifs is 2. The van der Waals surface area contributed by atoms with Crippen LogP contribution in [0.4, 0.5) is 0 Å². The molecular weight excluding hydrogens is 198 g/mol. The van der Waals surface area contributed by atoms with Crippen molar-refractivity contribution in [3.05, 3.63) is 29.7 Å². The van der Waals surface area contributed by atoms with Crippen LogP contribution in [0.1, 0.15) is 44.0 Å². The summed E-state index contributed by atoms with van der Waals surface area (Å²) in [5.41, 5.74) is 4.08. The minimum Gasteiger partial charge on any atom is -0.386 e. The van der Waals surface area contributed by atoms with Gasteiger partial charge in [-0.05, 0) is 24.8 Å². The molecule has 3 nitrogen and oxygen atoms in total. The minimum absolute atomic E-state index is 0.361. The van der Waals surface area contributed by atoms with Crippen molar-refractivity contribution in [1.29, 1.82) is 0 Å². The molecule has 0 atom stereocenters. The topological polar surface area (TPSA) is 29.9 Å². The van der Waals surface area contributed by atoms with Gasteiger partial charge in [0.2, 0.25) is 0 Å². The molecule has 1 aromatic heterocycles. The summed E-state index contributed by atoms with van der Waals surface area (Å²) in [6, 6.07) is 2.30. The maximum Gasteiger partial charge on any atom is 0.0803 e. The first-order valence-corrected chi connectivity index (χ1v) is 6.11. The second kappa shape index (κ2) is 3.12. The number of hydrogen-bond acceptors (Lipinski definition) is 2. The van der Waals surface area contributed by atoms with E-state index in [1.165, 1.54) is 24.2 Å². The molecule has 1 fully saturated rings. The molecular formula is C13H19N3. The predicted octanol–water partition coefficient (Wildman–Crippen LogP) is 2.16. The normalized spacial score (nSPS) is 21.8. The van der Waals surface area contributed by atoms with Gasteiger partial charge in [-0.2, -0.15) is 5.10 Å². The Balaban J connectivity index is 2.06. The molecule has 16 heavy (non-hydrogen) atoms. The smallest absolute Gasteiger partial charge is 0.0803 e. The van der Waals surface area contributed by atoms with Crippen LogP contribution < -0.4 is 5.32 Å². The number of hydrogen-bond donors (Lipinski definition) is 1. The number of allylic oxidation sites excluding steroid dienone is 1. The highest BCUT2D eigenvalue weighted by Gasteiger charge is 2.48. The molecule has 1 aliphatic carbocycles. The average molecular weight is 217 g/mol. The van der Waals surface area contributed by atoms with Crippen LogP contribution in [0.5, 0.6) is 0 Å². The fourth-order valence-corrected chi connectivity index (χ4v) is 2.47. The van der Waals surface area contributed by atoms with E-state index in [0.717, 1.165) is 18.8 Å². The summed E-state index contributed by atoms with van der Waals surface area (Å²) >= 11 is 0. The van der Waals surface area contributed by atoms with Gasteiger partial charge in [-0.1, -0.05) is 20.4 Å². The molecule has 2 aliphatic rings. The summed E-state index contributed by atoms with van der Waals surface area (Å²) in [5, 5.41) is 8.14. The van der Waals surface area contributed by atoms with Crippen LogP contribution in [0.2, 0.25) is 0 Å². The molecule has 0 bridgehead atoms. The van der Waals surface area contributed by atoms with Crippen molar-refractivity contribution in [3.63, 3.8) is 0 Å². The van der Waals surface area contributed by atoms with E-state index in [4.69, 9.17) is 5.10 Å². The highest BCUT2D eigenvalue weighted by atomic mass is 15.3. The van der Waals surface area contributed by atoms with Gasteiger partial charge in [0.1, 0.15) is 0 Å². The Hall–Kier alpha value is -1.25. The zero-order valence-corrected chi connectivity index (χ0v) is 10.1. The maximum absolute atomic E-state index is 4.71. The van der Waals surface area contributed by atoms with Gasteiger partial charge in [-0.3, -0.25) is 4.68 Å². The molecule has 0 aromatic carbocycles. The Bertz CT molecular complexity index is 438. The maximum atomic E-state index is 4.71. The molecule has 0 unspecified atom stereocenters. The van der Waals surface area contributed by atoms with Crippen LogP contribution in [0.15, 0.2) is 18.3 Å². The summed E-state index contributed by atoms with van der Waals surface area (Å²) in [5.74, 6) is 0.511. The van der Waals surface area contributed by atoms with Crippen LogP contribution in [-0.2, 0) is 12.0 Å². The molecule has 3 rings (SSSR count). The number of nitrogens with zero attached hydrogens (tertiary/aromatic N) is 2. The second-order valence-electron chi connectivity index (χ2n) is 5.50. The lowest BCUT2D eigenvalue weighted by Crippen LogP contribution is -2.23. The largest absolute Gasteiger partial charge is 0.386 e.